The molecule has 1 unspecified atom stereocenters. The first-order chi connectivity index (χ1) is 20.7. The number of unbranched alkanes of at least 4 members (excludes halogenated alkanes) is 1. The molecule has 0 aliphatic carbocycles. The van der Waals surface area contributed by atoms with E-state index in [0.29, 0.717) is 25.1 Å². The van der Waals surface area contributed by atoms with Crippen LogP contribution in [0, 0.1) is 0 Å². The number of carboxylic acid groups (broad SMARTS) is 1. The zero-order valence-corrected chi connectivity index (χ0v) is 23.6. The van der Waals surface area contributed by atoms with Gasteiger partial charge in [0.15, 0.2) is 17.0 Å². The van der Waals surface area contributed by atoms with Crippen LogP contribution in [0.5, 0.6) is 12.0 Å². The number of nitrogens with one attached hydrogen (secondary N) is 2. The molecule has 17 heteroatoms. The molecule has 2 aromatic heterocycles. The Bertz CT molecular complexity index is 1450. The van der Waals surface area contributed by atoms with Crippen molar-refractivity contribution in [1.29, 1.82) is 0 Å². The highest BCUT2D eigenvalue weighted by Crippen LogP contribution is 2.25. The van der Waals surface area contributed by atoms with Gasteiger partial charge in [-0.3, -0.25) is 14.2 Å². The summed E-state index contributed by atoms with van der Waals surface area (Å²) in [4.78, 5) is 50.9. The second kappa shape index (κ2) is 16.3. The fourth-order valence-electron chi connectivity index (χ4n) is 3.98. The number of carbonyl (C=O) groups is 3. The summed E-state index contributed by atoms with van der Waals surface area (Å²) in [5.74, 6) is -2.01. The van der Waals surface area contributed by atoms with E-state index in [0.717, 1.165) is 11.1 Å². The van der Waals surface area contributed by atoms with Gasteiger partial charge in [-0.2, -0.15) is 15.0 Å². The van der Waals surface area contributed by atoms with E-state index in [1.165, 1.54) is 11.7 Å². The Morgan fingerprint density at radius 1 is 1.09 bits per heavy atom. The number of azide groups is 1. The van der Waals surface area contributed by atoms with Crippen molar-refractivity contribution >= 4 is 34.8 Å². The summed E-state index contributed by atoms with van der Waals surface area (Å²) in [5.41, 5.74) is 16.4. The Hall–Kier alpha value is -5.15. The number of imidazole rings is 1. The predicted molar refractivity (Wildman–Crippen MR) is 153 cm³/mol. The maximum Gasteiger partial charge on any atom is 0.326 e. The number of amides is 2. The Balaban J connectivity index is 1.48. The average molecular weight is 599 g/mol. The molecule has 0 saturated carbocycles. The second-order valence-electron chi connectivity index (χ2n) is 9.40. The van der Waals surface area contributed by atoms with E-state index in [9.17, 15) is 24.6 Å². The van der Waals surface area contributed by atoms with Gasteiger partial charge >= 0.3 is 12.0 Å². The number of aromatic hydroxyl groups is 1. The van der Waals surface area contributed by atoms with E-state index < -0.39 is 17.9 Å². The Morgan fingerprint density at radius 2 is 1.81 bits per heavy atom. The molecule has 3 rings (SSSR count). The summed E-state index contributed by atoms with van der Waals surface area (Å²) in [6.45, 7) is 1.26. The number of fused-ring (bicyclic) bond motifs is 1. The normalized spacial score (nSPS) is 11.5. The number of carbonyl (C=O) groups excluding carboxylic acids is 2. The standard InChI is InChI=1S/C26H34N10O7/c1-42-12-13-43-25-33-22(27)21-23(34-25)36(26(41)32-21)15-17-7-5-16(6-8-17)14-29-19(37)9-10-20(38)31-18(24(39)40)4-2-3-11-30-35-28/h5-8,18H,2-4,9-15H2,1H3,(H,29,37)(H,31,38)(H,32,41)(H,39,40)(H2,27,33,34). The molecule has 0 bridgehead atoms. The monoisotopic (exact) mass is 598 g/mol. The van der Waals surface area contributed by atoms with Crippen molar-refractivity contribution in [2.75, 3.05) is 32.6 Å². The minimum atomic E-state index is -1.17. The van der Waals surface area contributed by atoms with Crippen LogP contribution in [-0.2, 0) is 32.2 Å². The van der Waals surface area contributed by atoms with E-state index in [1.807, 2.05) is 12.1 Å². The van der Waals surface area contributed by atoms with Crippen molar-refractivity contribution < 1.29 is 34.1 Å². The topological polar surface area (TPSA) is 253 Å². The maximum atomic E-state index is 12.3. The number of aromatic nitrogens is 4. The number of rotatable bonds is 18. The first-order valence-electron chi connectivity index (χ1n) is 13.4. The highest BCUT2D eigenvalue weighted by molar-refractivity contribution is 5.87. The van der Waals surface area contributed by atoms with Crippen molar-refractivity contribution in [1.82, 2.24) is 30.2 Å². The van der Waals surface area contributed by atoms with Gasteiger partial charge in [-0.1, -0.05) is 35.8 Å². The number of methoxy groups -OCH3 is 1. The molecule has 0 aliphatic heterocycles. The van der Waals surface area contributed by atoms with Crippen molar-refractivity contribution in [3.8, 4) is 12.0 Å². The van der Waals surface area contributed by atoms with E-state index >= 15 is 0 Å². The smallest absolute Gasteiger partial charge is 0.326 e. The molecular formula is C26H34N10O7. The molecule has 0 fully saturated rings. The third kappa shape index (κ3) is 10.0. The van der Waals surface area contributed by atoms with Gasteiger partial charge in [0.2, 0.25) is 11.8 Å². The van der Waals surface area contributed by atoms with Crippen molar-refractivity contribution in [2.45, 2.75) is 51.2 Å². The predicted octanol–water partition coefficient (Wildman–Crippen LogP) is 1.63. The number of benzene rings is 1. The molecule has 2 heterocycles. The Morgan fingerprint density at radius 3 is 2.51 bits per heavy atom. The quantitative estimate of drug-likeness (QED) is 0.0608. The van der Waals surface area contributed by atoms with Gasteiger partial charge in [0, 0.05) is 38.0 Å². The van der Waals surface area contributed by atoms with E-state index in [1.54, 1.807) is 12.1 Å². The average Bonchev–Trinajstić information content (AvgIpc) is 3.30. The minimum absolute atomic E-state index is 0.0346. The molecule has 3 aromatic rings. The van der Waals surface area contributed by atoms with Gasteiger partial charge in [0.25, 0.3) is 6.01 Å². The van der Waals surface area contributed by atoms with Crippen LogP contribution in [0.25, 0.3) is 21.6 Å². The van der Waals surface area contributed by atoms with Gasteiger partial charge in [-0.15, -0.1) is 0 Å². The molecule has 0 spiro atoms. The summed E-state index contributed by atoms with van der Waals surface area (Å²) >= 11 is 0. The number of hydrogen-bond donors (Lipinski definition) is 5. The molecule has 0 aliphatic rings. The molecule has 43 heavy (non-hydrogen) atoms. The number of nitrogen functional groups attached to an aromatic ring is 1. The molecule has 0 saturated heterocycles. The van der Waals surface area contributed by atoms with Crippen molar-refractivity contribution in [2.24, 2.45) is 5.11 Å². The third-order valence-corrected chi connectivity index (χ3v) is 6.23. The first-order valence-corrected chi connectivity index (χ1v) is 13.4. The Kier molecular flexibility index (Phi) is 12.3. The van der Waals surface area contributed by atoms with Gasteiger partial charge in [-0.05, 0) is 29.5 Å². The van der Waals surface area contributed by atoms with Crippen LogP contribution in [0.4, 0.5) is 5.82 Å². The first kappa shape index (κ1) is 32.4. The number of carboxylic acids is 1. The summed E-state index contributed by atoms with van der Waals surface area (Å²) in [6.07, 6.45) is 0.883. The lowest BCUT2D eigenvalue weighted by Crippen LogP contribution is -2.41. The number of aliphatic carboxylic acids is 1. The van der Waals surface area contributed by atoms with Crippen molar-refractivity contribution in [3.05, 3.63) is 45.8 Å². The highest BCUT2D eigenvalue weighted by Gasteiger charge is 2.20. The van der Waals surface area contributed by atoms with Crippen LogP contribution >= 0.6 is 0 Å². The fourth-order valence-corrected chi connectivity index (χ4v) is 3.98. The van der Waals surface area contributed by atoms with Crippen molar-refractivity contribution in [3.63, 3.8) is 0 Å². The lowest BCUT2D eigenvalue weighted by molar-refractivity contribution is -0.142. The lowest BCUT2D eigenvalue weighted by Gasteiger charge is -2.14. The molecule has 0 radical (unpaired) electrons. The molecule has 6 N–H and O–H groups in total. The summed E-state index contributed by atoms with van der Waals surface area (Å²) < 4.78 is 11.9. The van der Waals surface area contributed by atoms with E-state index in [4.69, 9.17) is 20.7 Å². The SMILES string of the molecule is COCCOc1nc(N)c2nc(O)n(Cc3ccc(CNC(=O)CCC(=O)NC(CCCCN=[N+]=[N-])C(=O)O)cc3)c2n1. The lowest BCUT2D eigenvalue weighted by atomic mass is 10.1. The molecular weight excluding hydrogens is 564 g/mol. The van der Waals surface area contributed by atoms with E-state index in [-0.39, 0.29) is 74.8 Å². The van der Waals surface area contributed by atoms with Crippen LogP contribution in [0.1, 0.15) is 43.2 Å². The van der Waals surface area contributed by atoms with Crippen LogP contribution in [0.3, 0.4) is 0 Å². The van der Waals surface area contributed by atoms with Crippen LogP contribution in [0.2, 0.25) is 0 Å². The summed E-state index contributed by atoms with van der Waals surface area (Å²) in [5, 5.41) is 28.3. The molecule has 1 atom stereocenters. The Labute approximate surface area is 246 Å². The maximum absolute atomic E-state index is 12.3. The van der Waals surface area contributed by atoms with Gasteiger partial charge < -0.3 is 36.1 Å². The third-order valence-electron chi connectivity index (χ3n) is 6.23. The zero-order chi connectivity index (χ0) is 31.2. The van der Waals surface area contributed by atoms with Gasteiger partial charge in [0.05, 0.1) is 13.2 Å². The number of anilines is 1. The highest BCUT2D eigenvalue weighted by atomic mass is 16.5. The summed E-state index contributed by atoms with van der Waals surface area (Å²) in [6, 6.07) is 5.92. The number of nitrogens with zero attached hydrogens (tertiary/aromatic N) is 7. The van der Waals surface area contributed by atoms with Crippen LogP contribution < -0.4 is 21.1 Å². The zero-order valence-electron chi connectivity index (χ0n) is 23.6. The molecule has 2 amide bonds. The number of nitrogens with two attached hydrogens (primary N) is 1. The second-order valence-corrected chi connectivity index (χ2v) is 9.40. The minimum Gasteiger partial charge on any atom is -0.480 e. The number of ether oxygens (including phenoxy) is 2. The van der Waals surface area contributed by atoms with Gasteiger partial charge in [0.1, 0.15) is 12.6 Å². The molecule has 17 nitrogen and oxygen atoms in total. The summed E-state index contributed by atoms with van der Waals surface area (Å²) in [7, 11) is 1.54. The van der Waals surface area contributed by atoms with Gasteiger partial charge in [-0.25, -0.2) is 4.79 Å². The molecule has 230 valence electrons. The fraction of sp³-hybridized carbons (Fsp3) is 0.462. The van der Waals surface area contributed by atoms with E-state index in [2.05, 4.69) is 35.6 Å². The van der Waals surface area contributed by atoms with Crippen LogP contribution in [0.15, 0.2) is 29.4 Å². The molecule has 1 aromatic carbocycles. The largest absolute Gasteiger partial charge is 0.480 e. The van der Waals surface area contributed by atoms with Crippen LogP contribution in [-0.4, -0.2) is 80.4 Å². The number of hydrogen-bond acceptors (Lipinski definition) is 11.